The van der Waals surface area contributed by atoms with Crippen LogP contribution in [0.3, 0.4) is 0 Å². The van der Waals surface area contributed by atoms with Crippen molar-refractivity contribution in [2.75, 3.05) is 6.54 Å². The van der Waals surface area contributed by atoms with Crippen molar-refractivity contribution in [2.45, 2.75) is 52.5 Å². The van der Waals surface area contributed by atoms with E-state index in [1.807, 2.05) is 0 Å². The minimum Gasteiger partial charge on any atom is -0.310 e. The van der Waals surface area contributed by atoms with E-state index in [-0.39, 0.29) is 11.5 Å². The van der Waals surface area contributed by atoms with Crippen molar-refractivity contribution < 1.29 is 8.78 Å². The highest BCUT2D eigenvalue weighted by Crippen LogP contribution is 2.42. The molecule has 0 aromatic heterocycles. The highest BCUT2D eigenvalue weighted by atomic mass is 35.5. The van der Waals surface area contributed by atoms with Gasteiger partial charge in [0.15, 0.2) is 11.6 Å². The summed E-state index contributed by atoms with van der Waals surface area (Å²) in [4.78, 5) is 0. The van der Waals surface area contributed by atoms with Crippen LogP contribution in [0.2, 0.25) is 5.02 Å². The van der Waals surface area contributed by atoms with E-state index in [2.05, 4.69) is 26.1 Å². The second-order valence-corrected chi connectivity index (χ2v) is 6.83. The van der Waals surface area contributed by atoms with Gasteiger partial charge in [-0.15, -0.1) is 0 Å². The van der Waals surface area contributed by atoms with E-state index in [0.29, 0.717) is 17.0 Å². The normalized spacial score (nSPS) is 21.4. The number of hydrogen-bond acceptors (Lipinski definition) is 1. The van der Waals surface area contributed by atoms with Crippen molar-refractivity contribution in [3.63, 3.8) is 0 Å². The zero-order chi connectivity index (χ0) is 14.9. The molecule has 1 aromatic carbocycles. The first-order valence-corrected chi connectivity index (χ1v) is 7.63. The highest BCUT2D eigenvalue weighted by Gasteiger charge is 2.33. The Labute approximate surface area is 124 Å². The van der Waals surface area contributed by atoms with Crippen molar-refractivity contribution in [3.8, 4) is 0 Å². The molecule has 1 aliphatic carbocycles. The largest absolute Gasteiger partial charge is 0.310 e. The topological polar surface area (TPSA) is 12.0 Å². The zero-order valence-corrected chi connectivity index (χ0v) is 13.1. The fourth-order valence-electron chi connectivity index (χ4n) is 2.98. The van der Waals surface area contributed by atoms with Crippen LogP contribution >= 0.6 is 11.6 Å². The summed E-state index contributed by atoms with van der Waals surface area (Å²) >= 11 is 6.15. The second kappa shape index (κ2) is 5.98. The Kier molecular flexibility index (Phi) is 4.70. The number of nitrogens with one attached hydrogen (secondary N) is 1. The monoisotopic (exact) mass is 301 g/mol. The average molecular weight is 302 g/mol. The van der Waals surface area contributed by atoms with Gasteiger partial charge in [0, 0.05) is 16.6 Å². The maximum Gasteiger partial charge on any atom is 0.163 e. The maximum absolute atomic E-state index is 14.3. The Morgan fingerprint density at radius 1 is 1.40 bits per heavy atom. The van der Waals surface area contributed by atoms with E-state index in [4.69, 9.17) is 11.6 Å². The summed E-state index contributed by atoms with van der Waals surface area (Å²) in [6.45, 7) is 7.18. The standard InChI is InChI=1S/C16H22ClF2N/c1-4-7-20-13-9-16(2,3)6-5-10-11(17)8-12(18)15(19)14(10)13/h8,13,20H,4-7,9H2,1-3H3. The molecule has 1 atom stereocenters. The number of benzene rings is 1. The molecule has 1 nitrogen and oxygen atoms in total. The van der Waals surface area contributed by atoms with E-state index in [9.17, 15) is 8.78 Å². The summed E-state index contributed by atoms with van der Waals surface area (Å²) in [7, 11) is 0. The summed E-state index contributed by atoms with van der Waals surface area (Å²) in [5, 5.41) is 3.70. The van der Waals surface area contributed by atoms with E-state index in [1.54, 1.807) is 0 Å². The van der Waals surface area contributed by atoms with Crippen LogP contribution in [0.25, 0.3) is 0 Å². The van der Waals surface area contributed by atoms with Gasteiger partial charge in [0.05, 0.1) is 0 Å². The molecule has 0 radical (unpaired) electrons. The van der Waals surface area contributed by atoms with Crippen molar-refractivity contribution in [1.29, 1.82) is 0 Å². The van der Waals surface area contributed by atoms with Gasteiger partial charge in [-0.25, -0.2) is 8.78 Å². The van der Waals surface area contributed by atoms with Crippen molar-refractivity contribution in [1.82, 2.24) is 5.32 Å². The predicted octanol–water partition coefficient (Wildman–Crippen LogP) is 5.02. The Balaban J connectivity index is 2.51. The van der Waals surface area contributed by atoms with Gasteiger partial charge in [0.2, 0.25) is 0 Å². The minimum absolute atomic E-state index is 0.0800. The van der Waals surface area contributed by atoms with Gasteiger partial charge in [-0.3, -0.25) is 0 Å². The van der Waals surface area contributed by atoms with Crippen molar-refractivity contribution in [3.05, 3.63) is 33.9 Å². The molecule has 20 heavy (non-hydrogen) atoms. The molecule has 0 amide bonds. The minimum atomic E-state index is -0.850. The summed E-state index contributed by atoms with van der Waals surface area (Å²) in [5.74, 6) is -1.59. The van der Waals surface area contributed by atoms with Crippen LogP contribution in [0.1, 0.15) is 57.2 Å². The fourth-order valence-corrected chi connectivity index (χ4v) is 3.27. The lowest BCUT2D eigenvalue weighted by atomic mass is 9.83. The summed E-state index contributed by atoms with van der Waals surface area (Å²) < 4.78 is 28.0. The van der Waals surface area contributed by atoms with Crippen LogP contribution in [-0.4, -0.2) is 6.54 Å². The van der Waals surface area contributed by atoms with Gasteiger partial charge in [-0.05, 0) is 49.3 Å². The Morgan fingerprint density at radius 2 is 2.10 bits per heavy atom. The van der Waals surface area contributed by atoms with Crippen LogP contribution < -0.4 is 5.32 Å². The van der Waals surface area contributed by atoms with Crippen molar-refractivity contribution in [2.24, 2.45) is 5.41 Å². The second-order valence-electron chi connectivity index (χ2n) is 6.42. The third-order valence-corrected chi connectivity index (χ3v) is 4.45. The molecule has 0 aliphatic heterocycles. The lowest BCUT2D eigenvalue weighted by Gasteiger charge is -2.28. The maximum atomic E-state index is 14.3. The van der Waals surface area contributed by atoms with E-state index in [1.165, 1.54) is 0 Å². The van der Waals surface area contributed by atoms with E-state index < -0.39 is 11.6 Å². The van der Waals surface area contributed by atoms with Gasteiger partial charge in [0.1, 0.15) is 0 Å². The molecule has 1 unspecified atom stereocenters. The molecular formula is C16H22ClF2N. The molecule has 0 saturated heterocycles. The quantitative estimate of drug-likeness (QED) is 0.610. The molecule has 4 heteroatoms. The third kappa shape index (κ3) is 3.15. The first-order chi connectivity index (χ1) is 9.35. The van der Waals surface area contributed by atoms with Crippen LogP contribution in [0.5, 0.6) is 0 Å². The SMILES string of the molecule is CCCNC1CC(C)(C)CCc2c(Cl)cc(F)c(F)c21. The van der Waals surface area contributed by atoms with Gasteiger partial charge < -0.3 is 5.32 Å². The summed E-state index contributed by atoms with van der Waals surface area (Å²) in [6, 6.07) is 0.931. The van der Waals surface area contributed by atoms with Gasteiger partial charge in [-0.2, -0.15) is 0 Å². The molecule has 0 fully saturated rings. The molecule has 0 saturated carbocycles. The zero-order valence-electron chi connectivity index (χ0n) is 12.3. The first kappa shape index (κ1) is 15.7. The predicted molar refractivity (Wildman–Crippen MR) is 79.1 cm³/mol. The Bertz CT molecular complexity index is 500. The number of rotatable bonds is 3. The Morgan fingerprint density at radius 3 is 2.75 bits per heavy atom. The molecule has 2 rings (SSSR count). The van der Waals surface area contributed by atoms with Crippen LogP contribution in [0.15, 0.2) is 6.07 Å². The molecular weight excluding hydrogens is 280 g/mol. The van der Waals surface area contributed by atoms with Crippen LogP contribution in [0, 0.1) is 17.0 Å². The van der Waals surface area contributed by atoms with Gasteiger partial charge in [0.25, 0.3) is 0 Å². The lowest BCUT2D eigenvalue weighted by molar-refractivity contribution is 0.271. The van der Waals surface area contributed by atoms with E-state index >= 15 is 0 Å². The summed E-state index contributed by atoms with van der Waals surface area (Å²) in [5.41, 5.74) is 1.29. The van der Waals surface area contributed by atoms with Crippen LogP contribution in [-0.2, 0) is 6.42 Å². The molecule has 1 N–H and O–H groups in total. The highest BCUT2D eigenvalue weighted by molar-refractivity contribution is 6.31. The smallest absolute Gasteiger partial charge is 0.163 e. The average Bonchev–Trinajstić information content (AvgIpc) is 2.50. The van der Waals surface area contributed by atoms with Gasteiger partial charge in [-0.1, -0.05) is 32.4 Å². The molecule has 0 spiro atoms. The summed E-state index contributed by atoms with van der Waals surface area (Å²) in [6.07, 6.45) is 3.37. The third-order valence-electron chi connectivity index (χ3n) is 4.11. The van der Waals surface area contributed by atoms with Crippen molar-refractivity contribution >= 4 is 11.6 Å². The molecule has 0 heterocycles. The number of halogens is 3. The van der Waals surface area contributed by atoms with E-state index in [0.717, 1.165) is 37.4 Å². The Hall–Kier alpha value is -0.670. The fraction of sp³-hybridized carbons (Fsp3) is 0.625. The van der Waals surface area contributed by atoms with Gasteiger partial charge >= 0.3 is 0 Å². The molecule has 1 aliphatic rings. The molecule has 112 valence electrons. The lowest BCUT2D eigenvalue weighted by Crippen LogP contribution is -2.27. The first-order valence-electron chi connectivity index (χ1n) is 7.25. The number of hydrogen-bond donors (Lipinski definition) is 1. The number of fused-ring (bicyclic) bond motifs is 1. The molecule has 0 bridgehead atoms. The van der Waals surface area contributed by atoms with Crippen LogP contribution in [0.4, 0.5) is 8.78 Å². The molecule has 1 aromatic rings.